The number of alkyl halides is 3. The number of carbonyl (C=O) groups is 1. The van der Waals surface area contributed by atoms with Crippen molar-refractivity contribution in [3.63, 3.8) is 0 Å². The van der Waals surface area contributed by atoms with Gasteiger partial charge in [-0.05, 0) is 19.1 Å². The van der Waals surface area contributed by atoms with Crippen LogP contribution in [0.5, 0.6) is 5.75 Å². The summed E-state index contributed by atoms with van der Waals surface area (Å²) >= 11 is 0. The Morgan fingerprint density at radius 3 is 2.79 bits per heavy atom. The number of hydrogen-bond acceptors (Lipinski definition) is 6. The molecule has 0 saturated carbocycles. The molecule has 0 saturated heterocycles. The van der Waals surface area contributed by atoms with E-state index in [1.54, 1.807) is 25.3 Å². The quantitative estimate of drug-likeness (QED) is 0.857. The smallest absolute Gasteiger partial charge is 0.434 e. The number of aromatic nitrogens is 3. The van der Waals surface area contributed by atoms with Gasteiger partial charge < -0.3 is 15.8 Å². The molecular formula is C14H14F3N5O2. The molecule has 2 rings (SSSR count). The van der Waals surface area contributed by atoms with Crippen LogP contribution in [0.2, 0.25) is 0 Å². The summed E-state index contributed by atoms with van der Waals surface area (Å²) in [5.41, 5.74) is 3.07. The fraction of sp³-hybridized carbons (Fsp3) is 0.286. The molecule has 3 N–H and O–H groups in total. The fourth-order valence-electron chi connectivity index (χ4n) is 1.80. The Morgan fingerprint density at radius 1 is 1.42 bits per heavy atom. The van der Waals surface area contributed by atoms with Crippen molar-refractivity contribution >= 4 is 11.9 Å². The number of nitrogen functional groups attached to an aromatic ring is 1. The first-order chi connectivity index (χ1) is 11.3. The first-order valence-corrected chi connectivity index (χ1v) is 6.82. The maximum Gasteiger partial charge on any atom is 0.434 e. The van der Waals surface area contributed by atoms with Gasteiger partial charge in [0.15, 0.2) is 5.69 Å². The van der Waals surface area contributed by atoms with E-state index in [0.717, 1.165) is 6.20 Å². The number of carbonyl (C=O) groups excluding carboxylic acids is 1. The molecule has 0 aliphatic carbocycles. The highest BCUT2D eigenvalue weighted by Gasteiger charge is 2.38. The highest BCUT2D eigenvalue weighted by Crippen LogP contribution is 2.30. The van der Waals surface area contributed by atoms with E-state index in [4.69, 9.17) is 10.5 Å². The molecule has 2 aromatic rings. The van der Waals surface area contributed by atoms with Crippen LogP contribution in [0.4, 0.5) is 19.1 Å². The van der Waals surface area contributed by atoms with E-state index in [2.05, 4.69) is 20.3 Å². The van der Waals surface area contributed by atoms with Crippen LogP contribution in [0.3, 0.4) is 0 Å². The lowest BCUT2D eigenvalue weighted by molar-refractivity contribution is -0.141. The summed E-state index contributed by atoms with van der Waals surface area (Å²) in [7, 11) is 0. The lowest BCUT2D eigenvalue weighted by Crippen LogP contribution is -2.35. The average Bonchev–Trinajstić information content (AvgIpc) is 2.52. The number of rotatable bonds is 5. The second-order valence-corrected chi connectivity index (χ2v) is 4.82. The molecule has 0 spiro atoms. The van der Waals surface area contributed by atoms with Crippen LogP contribution in [0.25, 0.3) is 0 Å². The summed E-state index contributed by atoms with van der Waals surface area (Å²) in [4.78, 5) is 22.4. The Balaban J connectivity index is 2.02. The van der Waals surface area contributed by atoms with Gasteiger partial charge in [-0.1, -0.05) is 0 Å². The topological polar surface area (TPSA) is 103 Å². The van der Waals surface area contributed by atoms with Crippen molar-refractivity contribution in [3.8, 4) is 5.75 Å². The number of nitrogens with two attached hydrogens (primary N) is 1. The van der Waals surface area contributed by atoms with E-state index in [9.17, 15) is 18.0 Å². The molecule has 1 atom stereocenters. The number of hydrogen-bond donors (Lipinski definition) is 2. The highest BCUT2D eigenvalue weighted by atomic mass is 19.4. The van der Waals surface area contributed by atoms with Crippen LogP contribution in [-0.4, -0.2) is 33.5 Å². The molecular weight excluding hydrogens is 327 g/mol. The van der Waals surface area contributed by atoms with Gasteiger partial charge in [0, 0.05) is 12.4 Å². The zero-order valence-electron chi connectivity index (χ0n) is 12.5. The molecule has 0 bridgehead atoms. The largest absolute Gasteiger partial charge is 0.487 e. The second-order valence-electron chi connectivity index (χ2n) is 4.82. The van der Waals surface area contributed by atoms with Crippen LogP contribution in [0, 0.1) is 0 Å². The molecule has 10 heteroatoms. The van der Waals surface area contributed by atoms with Crippen LogP contribution in [0.1, 0.15) is 23.0 Å². The third-order valence-corrected chi connectivity index (χ3v) is 2.84. The van der Waals surface area contributed by atoms with E-state index < -0.39 is 35.4 Å². The van der Waals surface area contributed by atoms with Crippen LogP contribution >= 0.6 is 0 Å². The summed E-state index contributed by atoms with van der Waals surface area (Å²) in [6.45, 7) is 1.63. The number of amides is 1. The van der Waals surface area contributed by atoms with Crippen molar-refractivity contribution in [1.29, 1.82) is 0 Å². The lowest BCUT2D eigenvalue weighted by Gasteiger charge is -2.16. The number of anilines is 1. The predicted molar refractivity (Wildman–Crippen MR) is 78.1 cm³/mol. The summed E-state index contributed by atoms with van der Waals surface area (Å²) in [6.07, 6.45) is -1.51. The zero-order chi connectivity index (χ0) is 17.7. The minimum Gasteiger partial charge on any atom is -0.487 e. The average molecular weight is 341 g/mol. The molecule has 0 aromatic carbocycles. The summed E-state index contributed by atoms with van der Waals surface area (Å²) in [5.74, 6) is -1.05. The van der Waals surface area contributed by atoms with E-state index >= 15 is 0 Å². The molecule has 2 aromatic heterocycles. The van der Waals surface area contributed by atoms with Gasteiger partial charge in [-0.25, -0.2) is 9.97 Å². The monoisotopic (exact) mass is 341 g/mol. The fourth-order valence-corrected chi connectivity index (χ4v) is 1.80. The normalized spacial score (nSPS) is 12.5. The SMILES string of the molecule is C[C@@H](CNC(=O)c1cnc(N)nc1C(F)(F)F)Oc1cccnc1. The van der Waals surface area contributed by atoms with Gasteiger partial charge in [0.05, 0.1) is 18.3 Å². The van der Waals surface area contributed by atoms with E-state index in [1.165, 1.54) is 6.20 Å². The molecule has 0 fully saturated rings. The summed E-state index contributed by atoms with van der Waals surface area (Å²) in [5, 5.41) is 2.35. The second kappa shape index (κ2) is 7.11. The molecule has 0 unspecified atom stereocenters. The number of halogens is 3. The maximum atomic E-state index is 12.9. The van der Waals surface area contributed by atoms with Gasteiger partial charge in [-0.3, -0.25) is 9.78 Å². The first-order valence-electron chi connectivity index (χ1n) is 6.82. The molecule has 0 aliphatic heterocycles. The van der Waals surface area contributed by atoms with Crippen molar-refractivity contribution in [2.45, 2.75) is 19.2 Å². The van der Waals surface area contributed by atoms with Crippen molar-refractivity contribution in [2.75, 3.05) is 12.3 Å². The van der Waals surface area contributed by atoms with Crippen molar-refractivity contribution in [3.05, 3.63) is 42.0 Å². The number of nitrogens with one attached hydrogen (secondary N) is 1. The summed E-state index contributed by atoms with van der Waals surface area (Å²) < 4.78 is 44.2. The minimum atomic E-state index is -4.82. The predicted octanol–water partition coefficient (Wildman–Crippen LogP) is 1.67. The molecule has 0 radical (unpaired) electrons. The molecule has 24 heavy (non-hydrogen) atoms. The maximum absolute atomic E-state index is 12.9. The van der Waals surface area contributed by atoms with Gasteiger partial charge >= 0.3 is 6.18 Å². The third kappa shape index (κ3) is 4.54. The lowest BCUT2D eigenvalue weighted by atomic mass is 10.2. The zero-order valence-corrected chi connectivity index (χ0v) is 12.5. The highest BCUT2D eigenvalue weighted by molar-refractivity contribution is 5.95. The van der Waals surface area contributed by atoms with Crippen molar-refractivity contribution < 1.29 is 22.7 Å². The Labute approximate surface area is 135 Å². The minimum absolute atomic E-state index is 0.0185. The number of pyridine rings is 1. The molecule has 128 valence electrons. The van der Waals surface area contributed by atoms with Crippen LogP contribution in [0.15, 0.2) is 30.7 Å². The Morgan fingerprint density at radius 2 is 2.17 bits per heavy atom. The van der Waals surface area contributed by atoms with E-state index in [0.29, 0.717) is 5.75 Å². The summed E-state index contributed by atoms with van der Waals surface area (Å²) in [6, 6.07) is 3.34. The Kier molecular flexibility index (Phi) is 5.17. The number of nitrogens with zero attached hydrogens (tertiary/aromatic N) is 3. The molecule has 2 heterocycles. The van der Waals surface area contributed by atoms with Crippen LogP contribution in [-0.2, 0) is 6.18 Å². The van der Waals surface area contributed by atoms with Gasteiger partial charge in [-0.2, -0.15) is 13.2 Å². The van der Waals surface area contributed by atoms with Gasteiger partial charge in [0.2, 0.25) is 5.95 Å². The van der Waals surface area contributed by atoms with Crippen LogP contribution < -0.4 is 15.8 Å². The number of ether oxygens (including phenoxy) is 1. The third-order valence-electron chi connectivity index (χ3n) is 2.84. The van der Waals surface area contributed by atoms with E-state index in [1.807, 2.05) is 0 Å². The Hall–Kier alpha value is -2.91. The molecule has 0 aliphatic rings. The molecule has 7 nitrogen and oxygen atoms in total. The molecule has 1 amide bonds. The first kappa shape index (κ1) is 17.4. The van der Waals surface area contributed by atoms with Crippen molar-refractivity contribution in [2.24, 2.45) is 0 Å². The standard InChI is InChI=1S/C14H14F3N5O2/c1-8(24-9-3-2-4-19-6-9)5-20-12(23)10-7-21-13(18)22-11(10)14(15,16)17/h2-4,6-8H,5H2,1H3,(H,20,23)(H2,18,21,22)/t8-/m0/s1. The van der Waals surface area contributed by atoms with Gasteiger partial charge in [-0.15, -0.1) is 0 Å². The van der Waals surface area contributed by atoms with Gasteiger partial charge in [0.1, 0.15) is 11.9 Å². The van der Waals surface area contributed by atoms with Crippen molar-refractivity contribution in [1.82, 2.24) is 20.3 Å². The van der Waals surface area contributed by atoms with E-state index in [-0.39, 0.29) is 6.54 Å². The Bertz CT molecular complexity index is 709. The van der Waals surface area contributed by atoms with Gasteiger partial charge in [0.25, 0.3) is 5.91 Å².